The van der Waals surface area contributed by atoms with Crippen LogP contribution in [-0.2, 0) is 17.5 Å². The number of hydrogen-bond donors (Lipinski definition) is 0. The Morgan fingerprint density at radius 1 is 1.48 bits per heavy atom. The van der Waals surface area contributed by atoms with Gasteiger partial charge < -0.3 is 4.74 Å². The second-order valence-electron chi connectivity index (χ2n) is 4.61. The Labute approximate surface area is 130 Å². The third-order valence-electron chi connectivity index (χ3n) is 2.88. The molecule has 0 bridgehead atoms. The first-order valence-corrected chi connectivity index (χ1v) is 6.48. The van der Waals surface area contributed by atoms with E-state index in [1.54, 1.807) is 12.1 Å². The Morgan fingerprint density at radius 3 is 2.52 bits per heavy atom. The van der Waals surface area contributed by atoms with Gasteiger partial charge in [0.2, 0.25) is 0 Å². The molecule has 9 heteroatoms. The predicted molar refractivity (Wildman–Crippen MR) is 71.7 cm³/mol. The molecule has 0 aliphatic carbocycles. The van der Waals surface area contributed by atoms with Crippen molar-refractivity contribution in [3.8, 4) is 12.1 Å². The van der Waals surface area contributed by atoms with Gasteiger partial charge in [0.25, 0.3) is 0 Å². The highest BCUT2D eigenvalue weighted by Crippen LogP contribution is 2.32. The molecule has 0 saturated carbocycles. The van der Waals surface area contributed by atoms with Crippen LogP contribution in [0, 0.1) is 28.1 Å². The third kappa shape index (κ3) is 4.10. The molecule has 0 saturated heterocycles. The van der Waals surface area contributed by atoms with Gasteiger partial charge in [-0.25, -0.2) is 4.79 Å². The number of esters is 1. The zero-order chi connectivity index (χ0) is 17.7. The second-order valence-corrected chi connectivity index (χ2v) is 4.61. The number of nitrogens with zero attached hydrogens (tertiary/aromatic N) is 4. The minimum absolute atomic E-state index is 0.0596. The SMILES string of the molecule is C=CCC(C#N)(C#N)Cn1cc(C(=O)OCC)c(C(F)(F)F)n1. The van der Waals surface area contributed by atoms with Gasteiger partial charge >= 0.3 is 12.1 Å². The van der Waals surface area contributed by atoms with Crippen LogP contribution in [0.3, 0.4) is 0 Å². The molecule has 1 heterocycles. The fourth-order valence-corrected chi connectivity index (χ4v) is 1.84. The summed E-state index contributed by atoms with van der Waals surface area (Å²) < 4.78 is 44.3. The van der Waals surface area contributed by atoms with Crippen molar-refractivity contribution in [2.45, 2.75) is 26.1 Å². The number of halogens is 3. The summed E-state index contributed by atoms with van der Waals surface area (Å²) in [7, 11) is 0. The van der Waals surface area contributed by atoms with E-state index in [-0.39, 0.29) is 13.0 Å². The van der Waals surface area contributed by atoms with Crippen molar-refractivity contribution < 1.29 is 22.7 Å². The lowest BCUT2D eigenvalue weighted by Gasteiger charge is -2.16. The maximum Gasteiger partial charge on any atom is 0.436 e. The van der Waals surface area contributed by atoms with E-state index in [0.717, 1.165) is 10.9 Å². The molecule has 0 fully saturated rings. The number of nitriles is 2. The van der Waals surface area contributed by atoms with Gasteiger partial charge in [-0.1, -0.05) is 6.08 Å². The van der Waals surface area contributed by atoms with Gasteiger partial charge in [0.05, 0.1) is 25.3 Å². The van der Waals surface area contributed by atoms with E-state index < -0.39 is 35.4 Å². The number of carbonyl (C=O) groups is 1. The molecule has 0 aliphatic rings. The molecule has 0 spiro atoms. The highest BCUT2D eigenvalue weighted by Gasteiger charge is 2.40. The maximum atomic E-state index is 13.0. The molecule has 0 unspecified atom stereocenters. The fourth-order valence-electron chi connectivity index (χ4n) is 1.84. The molecule has 1 aromatic heterocycles. The smallest absolute Gasteiger partial charge is 0.436 e. The number of alkyl halides is 3. The van der Waals surface area contributed by atoms with Gasteiger partial charge in [0, 0.05) is 6.20 Å². The van der Waals surface area contributed by atoms with Crippen LogP contribution < -0.4 is 0 Å². The van der Waals surface area contributed by atoms with E-state index in [1.165, 1.54) is 13.0 Å². The van der Waals surface area contributed by atoms with Crippen LogP contribution in [0.4, 0.5) is 13.2 Å². The second kappa shape index (κ2) is 6.97. The molecule has 122 valence electrons. The largest absolute Gasteiger partial charge is 0.462 e. The number of carbonyl (C=O) groups excluding carboxylic acids is 1. The summed E-state index contributed by atoms with van der Waals surface area (Å²) in [6.07, 6.45) is -2.79. The van der Waals surface area contributed by atoms with Gasteiger partial charge in [-0.3, -0.25) is 4.68 Å². The fraction of sp³-hybridized carbons (Fsp3) is 0.429. The summed E-state index contributed by atoms with van der Waals surface area (Å²) >= 11 is 0. The number of allylic oxidation sites excluding steroid dienone is 1. The molecule has 0 amide bonds. The van der Waals surface area contributed by atoms with Crippen molar-refractivity contribution in [2.24, 2.45) is 5.41 Å². The van der Waals surface area contributed by atoms with Gasteiger partial charge in [0.1, 0.15) is 5.56 Å². The number of ether oxygens (including phenoxy) is 1. The Balaban J connectivity index is 3.30. The first-order valence-electron chi connectivity index (χ1n) is 6.48. The first kappa shape index (κ1) is 18.2. The summed E-state index contributed by atoms with van der Waals surface area (Å²) in [5.74, 6) is -1.17. The topological polar surface area (TPSA) is 91.7 Å². The minimum atomic E-state index is -4.87. The molecule has 0 aliphatic heterocycles. The average Bonchev–Trinajstić information content (AvgIpc) is 2.91. The Kier molecular flexibility index (Phi) is 5.52. The molecular weight excluding hydrogens is 313 g/mol. The van der Waals surface area contributed by atoms with Crippen LogP contribution in [0.5, 0.6) is 0 Å². The summed E-state index contributed by atoms with van der Waals surface area (Å²) in [6.45, 7) is 4.33. The normalized spacial score (nSPS) is 11.4. The zero-order valence-corrected chi connectivity index (χ0v) is 12.2. The monoisotopic (exact) mass is 326 g/mol. The lowest BCUT2D eigenvalue weighted by Crippen LogP contribution is -2.23. The van der Waals surface area contributed by atoms with Crippen LogP contribution >= 0.6 is 0 Å². The lowest BCUT2D eigenvalue weighted by atomic mass is 9.88. The van der Waals surface area contributed by atoms with E-state index in [0.29, 0.717) is 0 Å². The van der Waals surface area contributed by atoms with E-state index in [1.807, 2.05) is 0 Å². The van der Waals surface area contributed by atoms with E-state index in [9.17, 15) is 18.0 Å². The van der Waals surface area contributed by atoms with Gasteiger partial charge in [-0.2, -0.15) is 28.8 Å². The van der Waals surface area contributed by atoms with Crippen LogP contribution in [0.15, 0.2) is 18.9 Å². The third-order valence-corrected chi connectivity index (χ3v) is 2.88. The van der Waals surface area contributed by atoms with Crippen molar-refractivity contribution in [3.05, 3.63) is 30.1 Å². The zero-order valence-electron chi connectivity index (χ0n) is 12.2. The average molecular weight is 326 g/mol. The van der Waals surface area contributed by atoms with Gasteiger partial charge in [-0.05, 0) is 13.3 Å². The highest BCUT2D eigenvalue weighted by molar-refractivity contribution is 5.90. The Bertz CT molecular complexity index is 666. The van der Waals surface area contributed by atoms with Gasteiger partial charge in [0.15, 0.2) is 11.1 Å². The lowest BCUT2D eigenvalue weighted by molar-refractivity contribution is -0.142. The molecule has 0 radical (unpaired) electrons. The molecule has 23 heavy (non-hydrogen) atoms. The standard InChI is InChI=1S/C14H13F3N4O2/c1-3-5-13(7-18,8-19)9-21-6-10(12(22)23-4-2)11(20-21)14(15,16)17/h3,6H,1,4-5,9H2,2H3. The molecule has 0 aromatic carbocycles. The van der Waals surface area contributed by atoms with Crippen molar-refractivity contribution in [2.75, 3.05) is 6.61 Å². The van der Waals surface area contributed by atoms with E-state index in [4.69, 9.17) is 10.5 Å². The summed E-state index contributed by atoms with van der Waals surface area (Å²) in [4.78, 5) is 11.6. The predicted octanol–water partition coefficient (Wildman–Crippen LogP) is 2.69. The molecule has 6 nitrogen and oxygen atoms in total. The van der Waals surface area contributed by atoms with Crippen molar-refractivity contribution in [3.63, 3.8) is 0 Å². The van der Waals surface area contributed by atoms with Crippen LogP contribution in [-0.4, -0.2) is 22.4 Å². The highest BCUT2D eigenvalue weighted by atomic mass is 19.4. The van der Waals surface area contributed by atoms with Gasteiger partial charge in [-0.15, -0.1) is 6.58 Å². The Morgan fingerprint density at radius 2 is 2.09 bits per heavy atom. The van der Waals surface area contributed by atoms with Crippen LogP contribution in [0.25, 0.3) is 0 Å². The molecule has 1 rings (SSSR count). The first-order chi connectivity index (χ1) is 10.7. The maximum absolute atomic E-state index is 13.0. The summed E-state index contributed by atoms with van der Waals surface area (Å²) in [5.41, 5.74) is -3.80. The van der Waals surface area contributed by atoms with E-state index in [2.05, 4.69) is 16.4 Å². The van der Waals surface area contributed by atoms with Crippen LogP contribution in [0.2, 0.25) is 0 Å². The van der Waals surface area contributed by atoms with E-state index >= 15 is 0 Å². The summed E-state index contributed by atoms with van der Waals surface area (Å²) in [6, 6.07) is 3.49. The molecule has 0 atom stereocenters. The Hall–Kier alpha value is -2.81. The van der Waals surface area contributed by atoms with Crippen molar-refractivity contribution in [1.29, 1.82) is 10.5 Å². The number of aromatic nitrogens is 2. The number of hydrogen-bond acceptors (Lipinski definition) is 5. The molecule has 1 aromatic rings. The minimum Gasteiger partial charge on any atom is -0.462 e. The quantitative estimate of drug-likeness (QED) is 0.592. The number of rotatable bonds is 6. The summed E-state index contributed by atoms with van der Waals surface area (Å²) in [5, 5.41) is 21.5. The van der Waals surface area contributed by atoms with Crippen molar-refractivity contribution >= 4 is 5.97 Å². The van der Waals surface area contributed by atoms with Crippen LogP contribution in [0.1, 0.15) is 29.4 Å². The molecule has 0 N–H and O–H groups in total. The molecular formula is C14H13F3N4O2. The van der Waals surface area contributed by atoms with Crippen molar-refractivity contribution in [1.82, 2.24) is 9.78 Å².